The number of hydrogen-bond donors (Lipinski definition) is 0. The van der Waals surface area contributed by atoms with Crippen LogP contribution in [0.25, 0.3) is 16.9 Å². The van der Waals surface area contributed by atoms with Gasteiger partial charge >= 0.3 is 6.36 Å². The minimum absolute atomic E-state index is 0.282. The molecule has 0 spiro atoms. The average molecular weight is 352 g/mol. The first-order chi connectivity index (χ1) is 11.3. The van der Waals surface area contributed by atoms with Crippen molar-refractivity contribution in [3.8, 4) is 22.7 Å². The van der Waals surface area contributed by atoms with Gasteiger partial charge in [0.2, 0.25) is 0 Å². The highest BCUT2D eigenvalue weighted by Crippen LogP contribution is 2.25. The number of thiazole rings is 1. The van der Waals surface area contributed by atoms with Gasteiger partial charge in [0.25, 0.3) is 5.56 Å². The molecule has 4 nitrogen and oxygen atoms in total. The summed E-state index contributed by atoms with van der Waals surface area (Å²) in [6.07, 6.45) is -3.12. The average Bonchev–Trinajstić information content (AvgIpc) is 3.01. The Labute approximate surface area is 138 Å². The molecule has 0 aliphatic rings. The fourth-order valence-electron chi connectivity index (χ4n) is 2.25. The van der Waals surface area contributed by atoms with Crippen LogP contribution in [0.3, 0.4) is 0 Å². The summed E-state index contributed by atoms with van der Waals surface area (Å²) >= 11 is 1.43. The van der Waals surface area contributed by atoms with Crippen molar-refractivity contribution < 1.29 is 17.9 Å². The SMILES string of the molecule is Cc1cc(=O)n(-c2ccc(OC(F)(F)F)cc2)cc1-c1cscn1. The fraction of sp³-hybridized carbons (Fsp3) is 0.125. The molecular formula is C16H11F3N2O2S. The molecule has 2 heterocycles. The normalized spacial score (nSPS) is 11.5. The fourth-order valence-corrected chi connectivity index (χ4v) is 2.80. The molecule has 124 valence electrons. The van der Waals surface area contributed by atoms with Crippen LogP contribution in [0.1, 0.15) is 5.56 Å². The molecule has 0 saturated heterocycles. The third-order valence-corrected chi connectivity index (χ3v) is 3.90. The monoisotopic (exact) mass is 352 g/mol. The van der Waals surface area contributed by atoms with Crippen molar-refractivity contribution in [2.24, 2.45) is 0 Å². The van der Waals surface area contributed by atoms with Crippen LogP contribution in [-0.2, 0) is 0 Å². The lowest BCUT2D eigenvalue weighted by atomic mass is 10.1. The predicted molar refractivity (Wildman–Crippen MR) is 84.6 cm³/mol. The maximum atomic E-state index is 12.2. The van der Waals surface area contributed by atoms with E-state index in [1.807, 2.05) is 5.38 Å². The number of nitrogens with zero attached hydrogens (tertiary/aromatic N) is 2. The van der Waals surface area contributed by atoms with E-state index in [-0.39, 0.29) is 11.3 Å². The van der Waals surface area contributed by atoms with E-state index in [0.717, 1.165) is 29.0 Å². The molecule has 0 N–H and O–H groups in total. The van der Waals surface area contributed by atoms with Gasteiger partial charge < -0.3 is 4.74 Å². The minimum atomic E-state index is -4.75. The Bertz CT molecular complexity index is 901. The predicted octanol–water partition coefficient (Wildman–Crippen LogP) is 4.17. The lowest BCUT2D eigenvalue weighted by Gasteiger charge is -2.12. The van der Waals surface area contributed by atoms with E-state index in [9.17, 15) is 18.0 Å². The van der Waals surface area contributed by atoms with Gasteiger partial charge in [-0.2, -0.15) is 0 Å². The van der Waals surface area contributed by atoms with Crippen LogP contribution in [0.2, 0.25) is 0 Å². The second-order valence-electron chi connectivity index (χ2n) is 4.99. The molecule has 0 aliphatic carbocycles. The molecular weight excluding hydrogens is 341 g/mol. The van der Waals surface area contributed by atoms with Crippen molar-refractivity contribution in [3.63, 3.8) is 0 Å². The highest BCUT2D eigenvalue weighted by Gasteiger charge is 2.30. The third-order valence-electron chi connectivity index (χ3n) is 3.32. The van der Waals surface area contributed by atoms with Gasteiger partial charge in [-0.3, -0.25) is 9.36 Å². The summed E-state index contributed by atoms with van der Waals surface area (Å²) in [6, 6.07) is 6.58. The smallest absolute Gasteiger partial charge is 0.406 e. The highest BCUT2D eigenvalue weighted by molar-refractivity contribution is 7.07. The van der Waals surface area contributed by atoms with Crippen LogP contribution in [0.4, 0.5) is 13.2 Å². The zero-order valence-corrected chi connectivity index (χ0v) is 13.2. The van der Waals surface area contributed by atoms with E-state index in [4.69, 9.17) is 0 Å². The molecule has 0 amide bonds. The Balaban J connectivity index is 2.00. The Kier molecular flexibility index (Phi) is 4.15. The molecule has 0 saturated carbocycles. The van der Waals surface area contributed by atoms with Gasteiger partial charge in [0.05, 0.1) is 11.2 Å². The largest absolute Gasteiger partial charge is 0.573 e. The second kappa shape index (κ2) is 6.12. The van der Waals surface area contributed by atoms with Crippen LogP contribution in [0, 0.1) is 6.92 Å². The Morgan fingerprint density at radius 2 is 1.92 bits per heavy atom. The highest BCUT2D eigenvalue weighted by atomic mass is 32.1. The molecule has 0 aliphatic heterocycles. The maximum Gasteiger partial charge on any atom is 0.573 e. The van der Waals surface area contributed by atoms with Crippen molar-refractivity contribution in [1.29, 1.82) is 0 Å². The van der Waals surface area contributed by atoms with Gasteiger partial charge in [-0.25, -0.2) is 4.98 Å². The number of hydrogen-bond acceptors (Lipinski definition) is 4. The first-order valence-corrected chi connectivity index (χ1v) is 7.76. The lowest BCUT2D eigenvalue weighted by Crippen LogP contribution is -2.19. The van der Waals surface area contributed by atoms with E-state index in [0.29, 0.717) is 5.69 Å². The standard InChI is InChI=1S/C16H11F3N2O2S/c1-10-6-15(22)21(7-13(10)14-8-24-9-20-14)11-2-4-12(5-3-11)23-16(17,18)19/h2-9H,1H3. The number of aryl methyl sites for hydroxylation is 1. The van der Waals surface area contributed by atoms with Crippen molar-refractivity contribution in [1.82, 2.24) is 9.55 Å². The van der Waals surface area contributed by atoms with Crippen LogP contribution in [0.5, 0.6) is 5.75 Å². The molecule has 0 unspecified atom stereocenters. The third kappa shape index (κ3) is 3.48. The van der Waals surface area contributed by atoms with Gasteiger partial charge in [0.15, 0.2) is 0 Å². The topological polar surface area (TPSA) is 44.1 Å². The molecule has 2 aromatic heterocycles. The number of ether oxygens (including phenoxy) is 1. The molecule has 0 fully saturated rings. The van der Waals surface area contributed by atoms with Crippen LogP contribution in [-0.4, -0.2) is 15.9 Å². The first kappa shape index (κ1) is 16.3. The van der Waals surface area contributed by atoms with Crippen molar-refractivity contribution in [2.75, 3.05) is 0 Å². The Morgan fingerprint density at radius 3 is 2.50 bits per heavy atom. The maximum absolute atomic E-state index is 12.2. The summed E-state index contributed by atoms with van der Waals surface area (Å²) in [5.41, 5.74) is 4.14. The van der Waals surface area contributed by atoms with E-state index in [1.165, 1.54) is 34.1 Å². The number of benzene rings is 1. The number of halogens is 3. The van der Waals surface area contributed by atoms with Gasteiger partial charge in [-0.15, -0.1) is 24.5 Å². The summed E-state index contributed by atoms with van der Waals surface area (Å²) in [4.78, 5) is 16.4. The lowest BCUT2D eigenvalue weighted by molar-refractivity contribution is -0.274. The van der Waals surface area contributed by atoms with E-state index >= 15 is 0 Å². The van der Waals surface area contributed by atoms with Gasteiger partial charge in [-0.05, 0) is 36.8 Å². The summed E-state index contributed by atoms with van der Waals surface area (Å²) in [7, 11) is 0. The van der Waals surface area contributed by atoms with Crippen LogP contribution in [0.15, 0.2) is 52.2 Å². The van der Waals surface area contributed by atoms with Crippen molar-refractivity contribution in [3.05, 3.63) is 63.3 Å². The zero-order chi connectivity index (χ0) is 17.3. The van der Waals surface area contributed by atoms with Crippen LogP contribution < -0.4 is 10.3 Å². The molecule has 0 bridgehead atoms. The first-order valence-electron chi connectivity index (χ1n) is 6.81. The van der Waals surface area contributed by atoms with E-state index < -0.39 is 6.36 Å². The molecule has 3 rings (SSSR count). The van der Waals surface area contributed by atoms with Gasteiger partial charge in [-0.1, -0.05) is 0 Å². The molecule has 3 aromatic rings. The number of aromatic nitrogens is 2. The van der Waals surface area contributed by atoms with E-state index in [1.54, 1.807) is 18.6 Å². The molecule has 0 radical (unpaired) electrons. The summed E-state index contributed by atoms with van der Waals surface area (Å²) < 4.78 is 41.8. The molecule has 0 atom stereocenters. The van der Waals surface area contributed by atoms with Gasteiger partial charge in [0, 0.05) is 28.9 Å². The number of rotatable bonds is 3. The number of pyridine rings is 1. The van der Waals surface area contributed by atoms with Crippen molar-refractivity contribution >= 4 is 11.3 Å². The van der Waals surface area contributed by atoms with Crippen molar-refractivity contribution in [2.45, 2.75) is 13.3 Å². The second-order valence-corrected chi connectivity index (χ2v) is 5.71. The van der Waals surface area contributed by atoms with Gasteiger partial charge in [0.1, 0.15) is 5.75 Å². The summed E-state index contributed by atoms with van der Waals surface area (Å²) in [5, 5.41) is 1.86. The summed E-state index contributed by atoms with van der Waals surface area (Å²) in [5.74, 6) is -0.342. The Hall–Kier alpha value is -2.61. The minimum Gasteiger partial charge on any atom is -0.406 e. The molecule has 1 aromatic carbocycles. The Morgan fingerprint density at radius 1 is 1.21 bits per heavy atom. The quantitative estimate of drug-likeness (QED) is 0.711. The van der Waals surface area contributed by atoms with E-state index in [2.05, 4.69) is 9.72 Å². The van der Waals surface area contributed by atoms with Crippen LogP contribution >= 0.6 is 11.3 Å². The zero-order valence-electron chi connectivity index (χ0n) is 12.4. The number of alkyl halides is 3. The molecule has 8 heteroatoms. The molecule has 24 heavy (non-hydrogen) atoms. The summed E-state index contributed by atoms with van der Waals surface area (Å²) in [6.45, 7) is 1.81.